The van der Waals surface area contributed by atoms with Gasteiger partial charge in [0.25, 0.3) is 0 Å². The lowest BCUT2D eigenvalue weighted by Gasteiger charge is -2.02. The first-order valence-corrected chi connectivity index (χ1v) is 9.93. The zero-order valence-electron chi connectivity index (χ0n) is 14.1. The van der Waals surface area contributed by atoms with Crippen LogP contribution in [0.5, 0.6) is 0 Å². The minimum Gasteiger partial charge on any atom is -1.00 e. The van der Waals surface area contributed by atoms with Gasteiger partial charge in [0.1, 0.15) is 0 Å². The first-order valence-electron chi connectivity index (χ1n) is 8.53. The molecule has 0 aliphatic rings. The van der Waals surface area contributed by atoms with Gasteiger partial charge in [-0.2, -0.15) is 0 Å². The second-order valence-electron chi connectivity index (χ2n) is 5.90. The smallest absolute Gasteiger partial charge is 0.511 e. The number of halogens is 1. The number of hydrogen-bond acceptors (Lipinski definition) is 2. The second kappa shape index (κ2) is 12.7. The summed E-state index contributed by atoms with van der Waals surface area (Å²) in [5.41, 5.74) is 0.643. The predicted molar refractivity (Wildman–Crippen MR) is 89.1 cm³/mol. The Bertz CT molecular complexity index is 520. The minimum absolute atomic E-state index is 0. The number of aromatic nitrogens is 1. The van der Waals surface area contributed by atoms with Crippen LogP contribution >= 0.6 is 0 Å². The van der Waals surface area contributed by atoms with E-state index in [9.17, 15) is 8.42 Å². The quantitative estimate of drug-likeness (QED) is 0.343. The highest BCUT2D eigenvalue weighted by atomic mass is 35.5. The largest absolute Gasteiger partial charge is 1.00 e. The lowest BCUT2D eigenvalue weighted by Crippen LogP contribution is -3.00. The SMILES string of the molecule is CCCCCCCCCCCCc1cccc[n+]1S(=O)(=O)O.[Cl-]. The Labute approximate surface area is 147 Å². The normalized spacial score (nSPS) is 11.2. The molecule has 23 heavy (non-hydrogen) atoms. The molecule has 134 valence electrons. The molecule has 0 atom stereocenters. The van der Waals surface area contributed by atoms with E-state index in [0.717, 1.165) is 16.8 Å². The van der Waals surface area contributed by atoms with Gasteiger partial charge in [0.15, 0.2) is 6.20 Å². The summed E-state index contributed by atoms with van der Waals surface area (Å²) in [5.74, 6) is 0. The fraction of sp³-hybridized carbons (Fsp3) is 0.706. The zero-order chi connectivity index (χ0) is 16.3. The van der Waals surface area contributed by atoms with E-state index >= 15 is 0 Å². The Hall–Kier alpha value is -0.650. The molecule has 0 fully saturated rings. The second-order valence-corrected chi connectivity index (χ2v) is 7.19. The van der Waals surface area contributed by atoms with Gasteiger partial charge >= 0.3 is 10.3 Å². The van der Waals surface area contributed by atoms with Gasteiger partial charge in [0.05, 0.1) is 0 Å². The molecule has 0 spiro atoms. The van der Waals surface area contributed by atoms with Gasteiger partial charge in [-0.25, -0.2) is 4.55 Å². The monoisotopic (exact) mass is 363 g/mol. The molecule has 1 N–H and O–H groups in total. The molecule has 0 amide bonds. The zero-order valence-corrected chi connectivity index (χ0v) is 15.7. The summed E-state index contributed by atoms with van der Waals surface area (Å²) in [6, 6.07) is 5.16. The molecule has 0 radical (unpaired) electrons. The molecule has 0 aliphatic heterocycles. The van der Waals surface area contributed by atoms with E-state index in [1.807, 2.05) is 0 Å². The Balaban J connectivity index is 0.00000484. The van der Waals surface area contributed by atoms with Gasteiger partial charge in [0.2, 0.25) is 5.69 Å². The highest BCUT2D eigenvalue weighted by molar-refractivity contribution is 7.79. The van der Waals surface area contributed by atoms with Crippen molar-refractivity contribution >= 4 is 10.3 Å². The molecule has 1 heterocycles. The molecular weight excluding hydrogens is 334 g/mol. The van der Waals surface area contributed by atoms with Crippen molar-refractivity contribution in [2.75, 3.05) is 0 Å². The van der Waals surface area contributed by atoms with E-state index in [4.69, 9.17) is 4.55 Å². The van der Waals surface area contributed by atoms with Crippen LogP contribution in [0.3, 0.4) is 0 Å². The van der Waals surface area contributed by atoms with Gasteiger partial charge in [-0.15, -0.1) is 8.42 Å². The third-order valence-electron chi connectivity index (χ3n) is 3.94. The summed E-state index contributed by atoms with van der Waals surface area (Å²) < 4.78 is 32.6. The van der Waals surface area contributed by atoms with E-state index in [2.05, 4.69) is 6.92 Å². The fourth-order valence-corrected chi connectivity index (χ4v) is 3.35. The van der Waals surface area contributed by atoms with E-state index in [0.29, 0.717) is 12.1 Å². The first-order chi connectivity index (χ1) is 10.6. The first kappa shape index (κ1) is 22.4. The van der Waals surface area contributed by atoms with Crippen LogP contribution in [0.2, 0.25) is 0 Å². The summed E-state index contributed by atoms with van der Waals surface area (Å²) in [5, 5.41) is 0. The predicted octanol–water partition coefficient (Wildman–Crippen LogP) is 1.09. The highest BCUT2D eigenvalue weighted by Crippen LogP contribution is 2.11. The van der Waals surface area contributed by atoms with Gasteiger partial charge in [-0.1, -0.05) is 74.7 Å². The number of hydrogen-bond donors (Lipinski definition) is 1. The molecule has 0 bridgehead atoms. The van der Waals surface area contributed by atoms with Crippen LogP contribution in [0.1, 0.15) is 76.8 Å². The van der Waals surface area contributed by atoms with Crippen molar-refractivity contribution in [3.05, 3.63) is 30.1 Å². The molecule has 1 rings (SSSR count). The summed E-state index contributed by atoms with van der Waals surface area (Å²) in [4.78, 5) is 0. The maximum atomic E-state index is 11.3. The van der Waals surface area contributed by atoms with Gasteiger partial charge in [-0.05, 0) is 6.42 Å². The van der Waals surface area contributed by atoms with Crippen molar-refractivity contribution in [1.82, 2.24) is 0 Å². The van der Waals surface area contributed by atoms with Gasteiger partial charge < -0.3 is 12.4 Å². The van der Waals surface area contributed by atoms with Crippen molar-refractivity contribution in [2.45, 2.75) is 77.6 Å². The van der Waals surface area contributed by atoms with Crippen molar-refractivity contribution in [3.63, 3.8) is 0 Å². The number of pyridine rings is 1. The maximum Gasteiger partial charge on any atom is 0.511 e. The molecule has 6 heteroatoms. The van der Waals surface area contributed by atoms with Gasteiger partial charge in [0, 0.05) is 18.6 Å². The third-order valence-corrected chi connectivity index (χ3v) is 4.79. The van der Waals surface area contributed by atoms with Crippen LogP contribution in [0, 0.1) is 0 Å². The van der Waals surface area contributed by atoms with E-state index in [-0.39, 0.29) is 12.4 Å². The van der Waals surface area contributed by atoms with Crippen LogP contribution in [-0.2, 0) is 16.7 Å². The fourth-order valence-electron chi connectivity index (χ4n) is 2.68. The average Bonchev–Trinajstić information content (AvgIpc) is 2.48. The van der Waals surface area contributed by atoms with Crippen LogP contribution < -0.4 is 16.4 Å². The highest BCUT2D eigenvalue weighted by Gasteiger charge is 2.22. The van der Waals surface area contributed by atoms with Crippen LogP contribution in [0.25, 0.3) is 0 Å². The van der Waals surface area contributed by atoms with Crippen molar-refractivity contribution in [1.29, 1.82) is 0 Å². The topological polar surface area (TPSA) is 58.2 Å². The van der Waals surface area contributed by atoms with Crippen molar-refractivity contribution in [3.8, 4) is 0 Å². The lowest BCUT2D eigenvalue weighted by atomic mass is 10.1. The summed E-state index contributed by atoms with van der Waals surface area (Å²) in [7, 11) is -4.18. The molecular formula is C17H30ClNO3S. The number of unbranched alkanes of at least 4 members (excludes halogenated alkanes) is 9. The molecule has 1 aromatic heterocycles. The number of nitrogens with zero attached hydrogens (tertiary/aromatic N) is 1. The number of aryl methyl sites for hydroxylation is 1. The van der Waals surface area contributed by atoms with Crippen LogP contribution in [0.4, 0.5) is 0 Å². The maximum absolute atomic E-state index is 11.3. The Morgan fingerprint density at radius 1 is 0.913 bits per heavy atom. The molecule has 0 aliphatic carbocycles. The molecule has 0 saturated carbocycles. The minimum atomic E-state index is -4.18. The van der Waals surface area contributed by atoms with E-state index < -0.39 is 10.3 Å². The lowest BCUT2D eigenvalue weighted by molar-refractivity contribution is -0.528. The van der Waals surface area contributed by atoms with E-state index in [1.54, 1.807) is 18.2 Å². The number of rotatable bonds is 12. The summed E-state index contributed by atoms with van der Waals surface area (Å²) >= 11 is 0. The molecule has 1 aromatic rings. The molecule has 0 unspecified atom stereocenters. The third kappa shape index (κ3) is 9.95. The Morgan fingerprint density at radius 3 is 1.96 bits per heavy atom. The standard InChI is InChI=1S/C17H29NO3S.ClH/c1-2-3-4-5-6-7-8-9-10-11-14-17-15-12-13-16-18(17)22(19,20)21;/h12-13,15-16H,2-11,14H2,1H3;1H. The Morgan fingerprint density at radius 2 is 1.43 bits per heavy atom. The average molecular weight is 364 g/mol. The van der Waals surface area contributed by atoms with E-state index in [1.165, 1.54) is 57.6 Å². The van der Waals surface area contributed by atoms with Crippen LogP contribution in [0.15, 0.2) is 24.4 Å². The molecule has 0 saturated heterocycles. The van der Waals surface area contributed by atoms with Gasteiger partial charge in [-0.3, -0.25) is 0 Å². The Kier molecular flexibility index (Phi) is 12.4. The summed E-state index contributed by atoms with van der Waals surface area (Å²) in [6.45, 7) is 2.23. The van der Waals surface area contributed by atoms with Crippen molar-refractivity contribution in [2.24, 2.45) is 0 Å². The molecule has 0 aromatic carbocycles. The van der Waals surface area contributed by atoms with Crippen LogP contribution in [-0.4, -0.2) is 13.0 Å². The molecule has 4 nitrogen and oxygen atoms in total. The summed E-state index contributed by atoms with van der Waals surface area (Å²) in [6.07, 6.45) is 14.6. The van der Waals surface area contributed by atoms with Crippen molar-refractivity contribution < 1.29 is 29.3 Å².